The third-order valence-corrected chi connectivity index (χ3v) is 3.88. The van der Waals surface area contributed by atoms with Crippen LogP contribution in [-0.4, -0.2) is 28.2 Å². The number of benzene rings is 1. The molecular weight excluding hydrogens is 332 g/mol. The Morgan fingerprint density at radius 1 is 1.47 bits per heavy atom. The third-order valence-electron chi connectivity index (χ3n) is 2.04. The monoisotopic (exact) mass is 342 g/mol. The Kier molecular flexibility index (Phi) is 5.24. The Balaban J connectivity index is 3.00. The second-order valence-corrected chi connectivity index (χ2v) is 6.84. The van der Waals surface area contributed by atoms with Gasteiger partial charge in [-0.25, -0.2) is 8.42 Å². The average molecular weight is 344 g/mol. The van der Waals surface area contributed by atoms with Crippen molar-refractivity contribution in [1.29, 1.82) is 0 Å². The Labute approximate surface area is 113 Å². The molecule has 0 spiro atoms. The van der Waals surface area contributed by atoms with Gasteiger partial charge < -0.3 is 9.47 Å². The fourth-order valence-electron chi connectivity index (χ4n) is 1.07. The number of hydrogen-bond donors (Lipinski definition) is 0. The van der Waals surface area contributed by atoms with E-state index < -0.39 is 9.05 Å². The van der Waals surface area contributed by atoms with E-state index in [9.17, 15) is 8.42 Å². The SMILES string of the molecule is COC(C)COc1ccc(Br)cc1S(=O)(=O)Cl. The molecule has 1 atom stereocenters. The van der Waals surface area contributed by atoms with Gasteiger partial charge in [0.05, 0.1) is 6.10 Å². The summed E-state index contributed by atoms with van der Waals surface area (Å²) in [6, 6.07) is 4.62. The van der Waals surface area contributed by atoms with Crippen LogP contribution in [0.15, 0.2) is 27.6 Å². The predicted molar refractivity (Wildman–Crippen MR) is 69.1 cm³/mol. The summed E-state index contributed by atoms with van der Waals surface area (Å²) in [5.41, 5.74) is 0. The molecule has 0 fully saturated rings. The lowest BCUT2D eigenvalue weighted by molar-refractivity contribution is 0.0706. The molecule has 0 aliphatic heterocycles. The van der Waals surface area contributed by atoms with Crippen molar-refractivity contribution in [1.82, 2.24) is 0 Å². The van der Waals surface area contributed by atoms with Crippen LogP contribution >= 0.6 is 26.6 Å². The van der Waals surface area contributed by atoms with Crippen molar-refractivity contribution in [2.24, 2.45) is 0 Å². The number of halogens is 2. The van der Waals surface area contributed by atoms with E-state index in [4.69, 9.17) is 20.2 Å². The van der Waals surface area contributed by atoms with Gasteiger partial charge >= 0.3 is 0 Å². The van der Waals surface area contributed by atoms with Gasteiger partial charge in [0.15, 0.2) is 0 Å². The van der Waals surface area contributed by atoms with Crippen LogP contribution in [0, 0.1) is 0 Å². The molecule has 4 nitrogen and oxygen atoms in total. The van der Waals surface area contributed by atoms with E-state index in [1.165, 1.54) is 6.07 Å². The molecule has 0 amide bonds. The molecule has 0 bridgehead atoms. The molecule has 0 saturated heterocycles. The lowest BCUT2D eigenvalue weighted by Crippen LogP contribution is -2.16. The fourth-order valence-corrected chi connectivity index (χ4v) is 2.58. The maximum atomic E-state index is 11.4. The molecule has 0 aromatic heterocycles. The standard InChI is InChI=1S/C10H12BrClO4S/c1-7(15-2)6-16-9-4-3-8(11)5-10(9)17(12,13)14/h3-5,7H,6H2,1-2H3. The minimum Gasteiger partial charge on any atom is -0.489 e. The van der Waals surface area contributed by atoms with E-state index in [0.717, 1.165) is 0 Å². The smallest absolute Gasteiger partial charge is 0.265 e. The Hall–Kier alpha value is -0.300. The molecule has 7 heteroatoms. The van der Waals surface area contributed by atoms with Crippen LogP contribution < -0.4 is 4.74 Å². The summed E-state index contributed by atoms with van der Waals surface area (Å²) in [5, 5.41) is 0. The van der Waals surface area contributed by atoms with Gasteiger partial charge in [0, 0.05) is 22.3 Å². The van der Waals surface area contributed by atoms with Crippen molar-refractivity contribution in [2.45, 2.75) is 17.9 Å². The van der Waals surface area contributed by atoms with Crippen LogP contribution in [-0.2, 0) is 13.8 Å². The predicted octanol–water partition coefficient (Wildman–Crippen LogP) is 2.79. The van der Waals surface area contributed by atoms with E-state index in [-0.39, 0.29) is 23.4 Å². The lowest BCUT2D eigenvalue weighted by Gasteiger charge is -2.13. The maximum absolute atomic E-state index is 11.4. The topological polar surface area (TPSA) is 52.6 Å². The molecule has 1 unspecified atom stereocenters. The quantitative estimate of drug-likeness (QED) is 0.772. The summed E-state index contributed by atoms with van der Waals surface area (Å²) in [7, 11) is 3.04. The number of methoxy groups -OCH3 is 1. The summed E-state index contributed by atoms with van der Waals surface area (Å²) in [6.07, 6.45) is -0.135. The zero-order valence-electron chi connectivity index (χ0n) is 9.31. The molecule has 0 saturated carbocycles. The molecule has 1 aromatic rings. The zero-order chi connectivity index (χ0) is 13.1. The highest BCUT2D eigenvalue weighted by atomic mass is 79.9. The molecule has 0 aliphatic rings. The molecule has 0 radical (unpaired) electrons. The Bertz CT molecular complexity index is 489. The molecule has 17 heavy (non-hydrogen) atoms. The van der Waals surface area contributed by atoms with Crippen molar-refractivity contribution in [3.63, 3.8) is 0 Å². The summed E-state index contributed by atoms with van der Waals surface area (Å²) in [4.78, 5) is -0.0585. The number of ether oxygens (including phenoxy) is 2. The molecule has 96 valence electrons. The Morgan fingerprint density at radius 3 is 2.65 bits per heavy atom. The number of hydrogen-bond acceptors (Lipinski definition) is 4. The van der Waals surface area contributed by atoms with Crippen LogP contribution in [0.1, 0.15) is 6.92 Å². The van der Waals surface area contributed by atoms with Gasteiger partial charge in [-0.05, 0) is 25.1 Å². The second-order valence-electron chi connectivity index (χ2n) is 3.39. The first kappa shape index (κ1) is 14.8. The molecule has 0 aliphatic carbocycles. The minimum atomic E-state index is -3.83. The van der Waals surface area contributed by atoms with Crippen LogP contribution in [0.5, 0.6) is 5.75 Å². The summed E-state index contributed by atoms with van der Waals surface area (Å²) >= 11 is 3.18. The van der Waals surface area contributed by atoms with Crippen molar-refractivity contribution >= 4 is 35.7 Å². The van der Waals surface area contributed by atoms with Gasteiger partial charge in [0.2, 0.25) is 0 Å². The molecule has 1 aromatic carbocycles. The van der Waals surface area contributed by atoms with Crippen molar-refractivity contribution in [3.8, 4) is 5.75 Å². The highest BCUT2D eigenvalue weighted by Gasteiger charge is 2.18. The highest BCUT2D eigenvalue weighted by molar-refractivity contribution is 9.10. The van der Waals surface area contributed by atoms with E-state index in [1.54, 1.807) is 19.2 Å². The van der Waals surface area contributed by atoms with Crippen molar-refractivity contribution in [2.75, 3.05) is 13.7 Å². The second kappa shape index (κ2) is 6.04. The van der Waals surface area contributed by atoms with Gasteiger partial charge in [-0.3, -0.25) is 0 Å². The molecule has 0 heterocycles. The maximum Gasteiger partial charge on any atom is 0.265 e. The lowest BCUT2D eigenvalue weighted by atomic mass is 10.3. The van der Waals surface area contributed by atoms with Crippen molar-refractivity contribution < 1.29 is 17.9 Å². The summed E-state index contributed by atoms with van der Waals surface area (Å²) in [5.74, 6) is 0.215. The van der Waals surface area contributed by atoms with Gasteiger partial charge in [0.1, 0.15) is 17.3 Å². The first-order valence-electron chi connectivity index (χ1n) is 4.74. The first-order valence-corrected chi connectivity index (χ1v) is 7.84. The third kappa shape index (κ3) is 4.46. The minimum absolute atomic E-state index is 0.0585. The van der Waals surface area contributed by atoms with Gasteiger partial charge in [-0.2, -0.15) is 0 Å². The Morgan fingerprint density at radius 2 is 2.12 bits per heavy atom. The van der Waals surface area contributed by atoms with Gasteiger partial charge in [-0.15, -0.1) is 0 Å². The first-order chi connectivity index (χ1) is 7.84. The van der Waals surface area contributed by atoms with E-state index in [2.05, 4.69) is 15.9 Å². The van der Waals surface area contributed by atoms with Crippen LogP contribution in [0.3, 0.4) is 0 Å². The summed E-state index contributed by atoms with van der Waals surface area (Å²) in [6.45, 7) is 2.06. The van der Waals surface area contributed by atoms with Gasteiger partial charge in [0.25, 0.3) is 9.05 Å². The highest BCUT2D eigenvalue weighted by Crippen LogP contribution is 2.30. The van der Waals surface area contributed by atoms with E-state index in [1.807, 2.05) is 6.92 Å². The van der Waals surface area contributed by atoms with Crippen molar-refractivity contribution in [3.05, 3.63) is 22.7 Å². The molecule has 1 rings (SSSR count). The summed E-state index contributed by atoms with van der Waals surface area (Å²) < 4.78 is 33.7. The van der Waals surface area contributed by atoms with Crippen LogP contribution in [0.2, 0.25) is 0 Å². The zero-order valence-corrected chi connectivity index (χ0v) is 12.5. The fraction of sp³-hybridized carbons (Fsp3) is 0.400. The normalized spacial score (nSPS) is 13.4. The van der Waals surface area contributed by atoms with Crippen LogP contribution in [0.25, 0.3) is 0 Å². The van der Waals surface area contributed by atoms with E-state index >= 15 is 0 Å². The van der Waals surface area contributed by atoms with E-state index in [0.29, 0.717) is 4.47 Å². The molecular formula is C10H12BrClO4S. The average Bonchev–Trinajstić information content (AvgIpc) is 2.25. The number of rotatable bonds is 5. The largest absolute Gasteiger partial charge is 0.489 e. The molecule has 0 N–H and O–H groups in total. The van der Waals surface area contributed by atoms with Crippen LogP contribution in [0.4, 0.5) is 0 Å². The van der Waals surface area contributed by atoms with Gasteiger partial charge in [-0.1, -0.05) is 15.9 Å².